The molecule has 0 spiro atoms. The largest absolute Gasteiger partial charge is 0.385 e. The van der Waals surface area contributed by atoms with Crippen LogP contribution in [0.1, 0.15) is 0 Å². The Morgan fingerprint density at radius 3 is 2.91 bits per heavy atom. The lowest BCUT2D eigenvalue weighted by Gasteiger charge is -2.37. The first-order chi connectivity index (χ1) is 5.29. The number of aromatic nitrogens is 3. The van der Waals surface area contributed by atoms with Crippen LogP contribution in [0.25, 0.3) is 0 Å². The average molecular weight is 154 g/mol. The first-order valence-corrected chi connectivity index (χ1v) is 3.56. The van der Waals surface area contributed by atoms with E-state index in [0.717, 1.165) is 0 Å². The highest BCUT2D eigenvalue weighted by Gasteiger charge is 2.34. The first kappa shape index (κ1) is 6.75. The molecule has 1 aromatic heterocycles. The minimum absolute atomic E-state index is 0.528. The molecule has 0 aromatic carbocycles. The fourth-order valence-corrected chi connectivity index (χ4v) is 1.14. The highest BCUT2D eigenvalue weighted by molar-refractivity contribution is 4.92. The summed E-state index contributed by atoms with van der Waals surface area (Å²) >= 11 is 0. The van der Waals surface area contributed by atoms with Crippen molar-refractivity contribution >= 4 is 0 Å². The Kier molecular flexibility index (Phi) is 1.40. The maximum atomic E-state index is 9.63. The first-order valence-electron chi connectivity index (χ1n) is 3.56. The highest BCUT2D eigenvalue weighted by Crippen LogP contribution is 2.11. The third-order valence-corrected chi connectivity index (χ3v) is 1.84. The van der Waals surface area contributed by atoms with Gasteiger partial charge in [0, 0.05) is 19.3 Å². The van der Waals surface area contributed by atoms with Crippen molar-refractivity contribution < 1.29 is 5.11 Å². The molecule has 0 atom stereocenters. The van der Waals surface area contributed by atoms with Crippen LogP contribution in [-0.4, -0.2) is 38.8 Å². The Labute approximate surface area is 64.0 Å². The Bertz CT molecular complexity index is 229. The predicted octanol–water partition coefficient (Wildman–Crippen LogP) is -1.39. The molecule has 1 saturated heterocycles. The van der Waals surface area contributed by atoms with E-state index >= 15 is 0 Å². The minimum atomic E-state index is -0.603. The number of nitrogens with one attached hydrogen (secondary N) is 1. The van der Waals surface area contributed by atoms with Gasteiger partial charge in [-0.05, 0) is 0 Å². The third kappa shape index (κ3) is 1.24. The van der Waals surface area contributed by atoms with Gasteiger partial charge < -0.3 is 10.4 Å². The van der Waals surface area contributed by atoms with E-state index in [1.807, 2.05) is 0 Å². The number of β-amino-alcohol motifs (C(OH)–C–C–N with tert-alkyl or cyclic N) is 1. The number of hydrogen-bond donors (Lipinski definition) is 2. The second-order valence-electron chi connectivity index (χ2n) is 2.93. The number of hydrogen-bond acceptors (Lipinski definition) is 4. The molecule has 1 aliphatic heterocycles. The van der Waals surface area contributed by atoms with Crippen molar-refractivity contribution in [1.82, 2.24) is 20.3 Å². The summed E-state index contributed by atoms with van der Waals surface area (Å²) in [7, 11) is 0. The summed E-state index contributed by atoms with van der Waals surface area (Å²) in [6.45, 7) is 1.82. The lowest BCUT2D eigenvalue weighted by molar-refractivity contribution is -0.0276. The van der Waals surface area contributed by atoms with Crippen LogP contribution in [0.2, 0.25) is 0 Å². The maximum absolute atomic E-state index is 9.63. The standard InChI is InChI=1S/C6H10N4O/c11-6(3-7-4-6)5-10-2-1-8-9-10/h1-2,7,11H,3-5H2. The maximum Gasteiger partial charge on any atom is 0.109 e. The van der Waals surface area contributed by atoms with Gasteiger partial charge >= 0.3 is 0 Å². The van der Waals surface area contributed by atoms with E-state index in [9.17, 15) is 5.11 Å². The molecule has 5 nitrogen and oxygen atoms in total. The van der Waals surface area contributed by atoms with Crippen molar-refractivity contribution in [3.8, 4) is 0 Å². The monoisotopic (exact) mass is 154 g/mol. The summed E-state index contributed by atoms with van der Waals surface area (Å²) in [6, 6.07) is 0. The molecule has 0 unspecified atom stereocenters. The van der Waals surface area contributed by atoms with E-state index in [0.29, 0.717) is 19.6 Å². The van der Waals surface area contributed by atoms with Crippen LogP contribution in [0.4, 0.5) is 0 Å². The molecule has 0 saturated carbocycles. The van der Waals surface area contributed by atoms with Gasteiger partial charge in [-0.1, -0.05) is 5.21 Å². The Balaban J connectivity index is 2.00. The van der Waals surface area contributed by atoms with E-state index in [4.69, 9.17) is 0 Å². The molecule has 60 valence electrons. The van der Waals surface area contributed by atoms with Gasteiger partial charge in [0.05, 0.1) is 12.7 Å². The fraction of sp³-hybridized carbons (Fsp3) is 0.667. The molecular weight excluding hydrogens is 144 g/mol. The second-order valence-corrected chi connectivity index (χ2v) is 2.93. The fourth-order valence-electron chi connectivity index (χ4n) is 1.14. The van der Waals surface area contributed by atoms with E-state index < -0.39 is 5.60 Å². The molecule has 11 heavy (non-hydrogen) atoms. The van der Waals surface area contributed by atoms with Crippen LogP contribution < -0.4 is 5.32 Å². The van der Waals surface area contributed by atoms with E-state index in [2.05, 4.69) is 15.6 Å². The lowest BCUT2D eigenvalue weighted by Crippen LogP contribution is -2.61. The molecule has 0 bridgehead atoms. The van der Waals surface area contributed by atoms with Crippen LogP contribution in [0.15, 0.2) is 12.4 Å². The van der Waals surface area contributed by atoms with Gasteiger partial charge in [0.15, 0.2) is 0 Å². The molecule has 5 heteroatoms. The van der Waals surface area contributed by atoms with Crippen molar-refractivity contribution in [3.63, 3.8) is 0 Å². The number of rotatable bonds is 2. The van der Waals surface area contributed by atoms with Crippen LogP contribution in [-0.2, 0) is 6.54 Å². The predicted molar refractivity (Wildman–Crippen MR) is 37.8 cm³/mol. The molecular formula is C6H10N4O. The third-order valence-electron chi connectivity index (χ3n) is 1.84. The van der Waals surface area contributed by atoms with Gasteiger partial charge in [0.2, 0.25) is 0 Å². The molecule has 0 amide bonds. The van der Waals surface area contributed by atoms with Crippen molar-refractivity contribution in [2.24, 2.45) is 0 Å². The zero-order valence-electron chi connectivity index (χ0n) is 6.06. The molecule has 1 fully saturated rings. The van der Waals surface area contributed by atoms with E-state index in [-0.39, 0.29) is 0 Å². The second kappa shape index (κ2) is 2.28. The number of aliphatic hydroxyl groups is 1. The van der Waals surface area contributed by atoms with Gasteiger partial charge in [0.25, 0.3) is 0 Å². The van der Waals surface area contributed by atoms with Gasteiger partial charge in [0.1, 0.15) is 5.60 Å². The minimum Gasteiger partial charge on any atom is -0.385 e. The van der Waals surface area contributed by atoms with Crippen molar-refractivity contribution in [3.05, 3.63) is 12.4 Å². The molecule has 1 aromatic rings. The van der Waals surface area contributed by atoms with E-state index in [1.54, 1.807) is 17.1 Å². The molecule has 1 aliphatic rings. The summed E-state index contributed by atoms with van der Waals surface area (Å²) in [6.07, 6.45) is 3.35. The Morgan fingerprint density at radius 1 is 1.64 bits per heavy atom. The molecule has 0 aliphatic carbocycles. The zero-order valence-corrected chi connectivity index (χ0v) is 6.06. The SMILES string of the molecule is OC1(Cn2ccnn2)CNC1. The van der Waals surface area contributed by atoms with Crippen LogP contribution >= 0.6 is 0 Å². The van der Waals surface area contributed by atoms with Crippen LogP contribution in [0, 0.1) is 0 Å². The highest BCUT2D eigenvalue weighted by atomic mass is 16.3. The topological polar surface area (TPSA) is 63.0 Å². The average Bonchev–Trinajstić information content (AvgIpc) is 2.36. The number of nitrogens with zero attached hydrogens (tertiary/aromatic N) is 3. The summed E-state index contributed by atoms with van der Waals surface area (Å²) in [5.41, 5.74) is -0.603. The summed E-state index contributed by atoms with van der Waals surface area (Å²) in [5, 5.41) is 20.0. The smallest absolute Gasteiger partial charge is 0.109 e. The Morgan fingerprint density at radius 2 is 2.45 bits per heavy atom. The normalized spacial score (nSPS) is 21.2. The van der Waals surface area contributed by atoms with Crippen molar-refractivity contribution in [2.75, 3.05) is 13.1 Å². The van der Waals surface area contributed by atoms with Crippen LogP contribution in [0.5, 0.6) is 0 Å². The molecule has 2 heterocycles. The Hall–Kier alpha value is -0.940. The van der Waals surface area contributed by atoms with Crippen molar-refractivity contribution in [1.29, 1.82) is 0 Å². The van der Waals surface area contributed by atoms with Gasteiger partial charge in [-0.15, -0.1) is 5.10 Å². The van der Waals surface area contributed by atoms with Crippen molar-refractivity contribution in [2.45, 2.75) is 12.1 Å². The molecule has 2 rings (SSSR count). The zero-order chi connectivity index (χ0) is 7.73. The summed E-state index contributed by atoms with van der Waals surface area (Å²) < 4.78 is 1.64. The van der Waals surface area contributed by atoms with E-state index in [1.165, 1.54) is 0 Å². The summed E-state index contributed by atoms with van der Waals surface area (Å²) in [4.78, 5) is 0. The van der Waals surface area contributed by atoms with Gasteiger partial charge in [-0.25, -0.2) is 4.68 Å². The molecule has 0 radical (unpaired) electrons. The molecule has 2 N–H and O–H groups in total. The quantitative estimate of drug-likeness (QED) is 0.550. The van der Waals surface area contributed by atoms with Crippen LogP contribution in [0.3, 0.4) is 0 Å². The van der Waals surface area contributed by atoms with Gasteiger partial charge in [-0.2, -0.15) is 0 Å². The summed E-state index contributed by atoms with van der Waals surface area (Å²) in [5.74, 6) is 0. The van der Waals surface area contributed by atoms with Gasteiger partial charge in [-0.3, -0.25) is 0 Å². The lowest BCUT2D eigenvalue weighted by atomic mass is 9.98.